The fourth-order valence-corrected chi connectivity index (χ4v) is 1.65. The van der Waals surface area contributed by atoms with Crippen molar-refractivity contribution >= 4 is 16.5 Å². The molecule has 0 saturated heterocycles. The van der Waals surface area contributed by atoms with E-state index in [1.807, 2.05) is 18.2 Å². The molecule has 2 heterocycles. The molecule has 2 N–H and O–H groups in total. The smallest absolute Gasteiger partial charge is 0.107 e. The summed E-state index contributed by atoms with van der Waals surface area (Å²) >= 11 is 1.34. The minimum absolute atomic E-state index is 0.768. The molecule has 0 aromatic carbocycles. The van der Waals surface area contributed by atoms with Gasteiger partial charge in [-0.3, -0.25) is 4.98 Å². The zero-order chi connectivity index (χ0) is 9.10. The topological polar surface area (TPSA) is 51.8 Å². The Morgan fingerprint density at radius 3 is 2.69 bits per heavy atom. The molecular weight excluding hydrogens is 182 g/mol. The lowest BCUT2D eigenvalue weighted by atomic mass is 10.1. The van der Waals surface area contributed by atoms with Gasteiger partial charge in [-0.05, 0) is 35.3 Å². The summed E-state index contributed by atoms with van der Waals surface area (Å²) in [6, 6.07) is 5.87. The number of anilines is 1. The van der Waals surface area contributed by atoms with Crippen LogP contribution in [0.5, 0.6) is 0 Å². The molecule has 0 atom stereocenters. The normalized spacial score (nSPS) is 10.2. The van der Waals surface area contributed by atoms with E-state index >= 15 is 0 Å². The van der Waals surface area contributed by atoms with Gasteiger partial charge in [0.1, 0.15) is 5.00 Å². The van der Waals surface area contributed by atoms with Gasteiger partial charge in [0.15, 0.2) is 0 Å². The zero-order valence-electron chi connectivity index (χ0n) is 6.97. The number of pyridine rings is 1. The molecular formula is C9H9N3S. The van der Waals surface area contributed by atoms with Crippen molar-refractivity contribution in [2.45, 2.75) is 6.42 Å². The highest BCUT2D eigenvalue weighted by Crippen LogP contribution is 2.14. The monoisotopic (exact) mass is 191 g/mol. The molecule has 0 aliphatic heterocycles. The first-order chi connectivity index (χ1) is 6.34. The van der Waals surface area contributed by atoms with E-state index in [1.165, 1.54) is 17.1 Å². The van der Waals surface area contributed by atoms with Crippen molar-refractivity contribution in [3.8, 4) is 0 Å². The molecule has 13 heavy (non-hydrogen) atoms. The lowest BCUT2D eigenvalue weighted by Gasteiger charge is -1.94. The minimum atomic E-state index is 0.768. The number of aromatic nitrogens is 2. The quantitative estimate of drug-likeness (QED) is 0.786. The van der Waals surface area contributed by atoms with E-state index in [9.17, 15) is 0 Å². The largest absolute Gasteiger partial charge is 0.389 e. The van der Waals surface area contributed by atoms with Crippen LogP contribution in [0.2, 0.25) is 0 Å². The summed E-state index contributed by atoms with van der Waals surface area (Å²) in [5, 5.41) is 0.768. The van der Waals surface area contributed by atoms with Gasteiger partial charge in [0.25, 0.3) is 0 Å². The summed E-state index contributed by atoms with van der Waals surface area (Å²) in [6.07, 6.45) is 4.40. The van der Waals surface area contributed by atoms with Crippen LogP contribution in [0.3, 0.4) is 0 Å². The maximum atomic E-state index is 5.58. The Morgan fingerprint density at radius 1 is 1.31 bits per heavy atom. The molecule has 0 saturated carbocycles. The molecule has 3 nitrogen and oxygen atoms in total. The van der Waals surface area contributed by atoms with Crippen LogP contribution >= 0.6 is 11.5 Å². The molecule has 2 aromatic rings. The van der Waals surface area contributed by atoms with Crippen molar-refractivity contribution in [3.05, 3.63) is 41.9 Å². The van der Waals surface area contributed by atoms with Gasteiger partial charge in [0, 0.05) is 18.8 Å². The number of nitrogen functional groups attached to an aromatic ring is 1. The first-order valence-corrected chi connectivity index (χ1v) is 4.72. The van der Waals surface area contributed by atoms with Crippen molar-refractivity contribution in [1.82, 2.24) is 9.36 Å². The molecule has 0 spiro atoms. The van der Waals surface area contributed by atoms with Crippen LogP contribution in [0.25, 0.3) is 0 Å². The summed E-state index contributed by atoms with van der Waals surface area (Å²) in [6.45, 7) is 0. The molecule has 0 fully saturated rings. The van der Waals surface area contributed by atoms with Gasteiger partial charge in [-0.2, -0.15) is 4.37 Å². The third-order valence-electron chi connectivity index (χ3n) is 1.71. The zero-order valence-corrected chi connectivity index (χ0v) is 7.79. The SMILES string of the molecule is Nc1cc(Cc2ccncc2)ns1. The highest BCUT2D eigenvalue weighted by Gasteiger charge is 1.99. The van der Waals surface area contributed by atoms with Crippen LogP contribution in [0.4, 0.5) is 5.00 Å². The molecule has 4 heteroatoms. The molecule has 2 rings (SSSR count). The fourth-order valence-electron chi connectivity index (χ4n) is 1.12. The van der Waals surface area contributed by atoms with Crippen molar-refractivity contribution in [2.24, 2.45) is 0 Å². The van der Waals surface area contributed by atoms with Crippen molar-refractivity contribution in [1.29, 1.82) is 0 Å². The van der Waals surface area contributed by atoms with E-state index in [0.29, 0.717) is 0 Å². The number of rotatable bonds is 2. The predicted molar refractivity (Wildman–Crippen MR) is 53.6 cm³/mol. The van der Waals surface area contributed by atoms with Gasteiger partial charge in [0.05, 0.1) is 5.69 Å². The molecule has 0 bridgehead atoms. The average Bonchev–Trinajstić information content (AvgIpc) is 2.53. The van der Waals surface area contributed by atoms with Crippen LogP contribution < -0.4 is 5.73 Å². The van der Waals surface area contributed by atoms with Gasteiger partial charge in [-0.25, -0.2) is 0 Å². The summed E-state index contributed by atoms with van der Waals surface area (Å²) < 4.78 is 4.21. The maximum Gasteiger partial charge on any atom is 0.107 e. The summed E-state index contributed by atoms with van der Waals surface area (Å²) in [5.41, 5.74) is 7.81. The van der Waals surface area contributed by atoms with Gasteiger partial charge in [0.2, 0.25) is 0 Å². The van der Waals surface area contributed by atoms with E-state index in [4.69, 9.17) is 5.73 Å². The second-order valence-electron chi connectivity index (χ2n) is 2.75. The molecule has 66 valence electrons. The van der Waals surface area contributed by atoms with Crippen molar-refractivity contribution in [3.63, 3.8) is 0 Å². The van der Waals surface area contributed by atoms with Gasteiger partial charge in [-0.15, -0.1) is 0 Å². The van der Waals surface area contributed by atoms with E-state index in [2.05, 4.69) is 9.36 Å². The third-order valence-corrected chi connectivity index (χ3v) is 2.37. The molecule has 0 aliphatic carbocycles. The second kappa shape index (κ2) is 3.53. The second-order valence-corrected chi connectivity index (χ2v) is 3.59. The van der Waals surface area contributed by atoms with E-state index in [0.717, 1.165) is 17.1 Å². The van der Waals surface area contributed by atoms with Crippen LogP contribution in [-0.2, 0) is 6.42 Å². The maximum absolute atomic E-state index is 5.58. The van der Waals surface area contributed by atoms with E-state index in [1.54, 1.807) is 12.4 Å². The first kappa shape index (κ1) is 8.19. The van der Waals surface area contributed by atoms with Gasteiger partial charge in [-0.1, -0.05) is 0 Å². The van der Waals surface area contributed by atoms with Gasteiger partial charge < -0.3 is 5.73 Å². The van der Waals surface area contributed by atoms with Crippen LogP contribution in [0.15, 0.2) is 30.6 Å². The molecule has 0 radical (unpaired) electrons. The highest BCUT2D eigenvalue weighted by molar-refractivity contribution is 7.10. The average molecular weight is 191 g/mol. The number of hydrogen-bond acceptors (Lipinski definition) is 4. The lowest BCUT2D eigenvalue weighted by Crippen LogP contribution is -1.87. The van der Waals surface area contributed by atoms with E-state index < -0.39 is 0 Å². The predicted octanol–water partition coefficient (Wildman–Crippen LogP) is 1.71. The first-order valence-electron chi connectivity index (χ1n) is 3.94. The lowest BCUT2D eigenvalue weighted by molar-refractivity contribution is 1.12. The summed E-state index contributed by atoms with van der Waals surface area (Å²) in [7, 11) is 0. The molecule has 0 unspecified atom stereocenters. The Bertz CT molecular complexity index is 383. The summed E-state index contributed by atoms with van der Waals surface area (Å²) in [4.78, 5) is 3.95. The Kier molecular flexibility index (Phi) is 2.23. The minimum Gasteiger partial charge on any atom is -0.389 e. The molecule has 0 aliphatic rings. The van der Waals surface area contributed by atoms with Crippen LogP contribution in [-0.4, -0.2) is 9.36 Å². The molecule has 0 amide bonds. The Labute approximate surface area is 80.4 Å². The number of nitrogens with zero attached hydrogens (tertiary/aromatic N) is 2. The Morgan fingerprint density at radius 2 is 2.08 bits per heavy atom. The standard InChI is InChI=1S/C9H9N3S/c10-9-6-8(12-13-9)5-7-1-3-11-4-2-7/h1-4,6H,5,10H2. The van der Waals surface area contributed by atoms with Crippen LogP contribution in [0, 0.1) is 0 Å². The fraction of sp³-hybridized carbons (Fsp3) is 0.111. The van der Waals surface area contributed by atoms with Crippen molar-refractivity contribution < 1.29 is 0 Å². The Balaban J connectivity index is 2.15. The van der Waals surface area contributed by atoms with Crippen LogP contribution in [0.1, 0.15) is 11.3 Å². The summed E-state index contributed by atoms with van der Waals surface area (Å²) in [5.74, 6) is 0. The molecule has 2 aromatic heterocycles. The van der Waals surface area contributed by atoms with Crippen molar-refractivity contribution in [2.75, 3.05) is 5.73 Å². The third kappa shape index (κ3) is 2.03. The Hall–Kier alpha value is -1.42. The van der Waals surface area contributed by atoms with Gasteiger partial charge >= 0.3 is 0 Å². The number of nitrogens with two attached hydrogens (primary N) is 1. The highest BCUT2D eigenvalue weighted by atomic mass is 32.1. The van der Waals surface area contributed by atoms with E-state index in [-0.39, 0.29) is 0 Å². The number of hydrogen-bond donors (Lipinski definition) is 1.